The first kappa shape index (κ1) is 20.6. The first-order chi connectivity index (χ1) is 11.5. The van der Waals surface area contributed by atoms with Crippen molar-refractivity contribution < 1.29 is 13.2 Å². The van der Waals surface area contributed by atoms with E-state index in [1.165, 1.54) is 17.5 Å². The van der Waals surface area contributed by atoms with Crippen LogP contribution < -0.4 is 10.0 Å². The molecule has 0 unspecified atom stereocenters. The zero-order chi connectivity index (χ0) is 17.0. The lowest BCUT2D eigenvalue weighted by molar-refractivity contribution is 0.0577. The van der Waals surface area contributed by atoms with Crippen molar-refractivity contribution in [2.24, 2.45) is 5.41 Å². The van der Waals surface area contributed by atoms with Gasteiger partial charge in [0.1, 0.15) is 0 Å². The van der Waals surface area contributed by atoms with Crippen LogP contribution in [0.15, 0.2) is 23.1 Å². The zero-order valence-corrected chi connectivity index (χ0v) is 16.5. The Balaban J connectivity index is 0.00000225. The number of hydrogen-bond acceptors (Lipinski definition) is 4. The Morgan fingerprint density at radius 1 is 1.16 bits per heavy atom. The Morgan fingerprint density at radius 3 is 2.52 bits per heavy atom. The second-order valence-electron chi connectivity index (χ2n) is 7.15. The second kappa shape index (κ2) is 8.82. The first-order valence-electron chi connectivity index (χ1n) is 8.86. The van der Waals surface area contributed by atoms with Crippen molar-refractivity contribution in [3.05, 3.63) is 29.3 Å². The molecule has 7 heteroatoms. The van der Waals surface area contributed by atoms with Gasteiger partial charge in [-0.25, -0.2) is 13.1 Å². The topological polar surface area (TPSA) is 67.4 Å². The molecule has 1 heterocycles. The van der Waals surface area contributed by atoms with Crippen LogP contribution in [0.4, 0.5) is 0 Å². The van der Waals surface area contributed by atoms with E-state index in [9.17, 15) is 8.42 Å². The molecular formula is C18H29ClN2O3S. The van der Waals surface area contributed by atoms with E-state index >= 15 is 0 Å². The number of sulfonamides is 1. The molecule has 1 aromatic rings. The number of rotatable bonds is 6. The van der Waals surface area contributed by atoms with Crippen molar-refractivity contribution in [1.82, 2.24) is 10.0 Å². The maximum atomic E-state index is 12.7. The molecule has 0 radical (unpaired) electrons. The Kier molecular flexibility index (Phi) is 7.29. The molecule has 3 rings (SSSR count). The van der Waals surface area contributed by atoms with Crippen LogP contribution in [0.1, 0.15) is 36.8 Å². The van der Waals surface area contributed by atoms with Gasteiger partial charge in [0.15, 0.2) is 0 Å². The van der Waals surface area contributed by atoms with Gasteiger partial charge in [-0.05, 0) is 74.9 Å². The molecule has 0 spiro atoms. The van der Waals surface area contributed by atoms with Gasteiger partial charge < -0.3 is 10.1 Å². The van der Waals surface area contributed by atoms with Crippen molar-refractivity contribution in [3.63, 3.8) is 0 Å². The Bertz CT molecular complexity index is 667. The van der Waals surface area contributed by atoms with Crippen molar-refractivity contribution >= 4 is 22.4 Å². The molecule has 1 saturated heterocycles. The Labute approximate surface area is 157 Å². The molecular weight excluding hydrogens is 360 g/mol. The number of piperidine rings is 1. The predicted molar refractivity (Wildman–Crippen MR) is 102 cm³/mol. The molecule has 5 nitrogen and oxygen atoms in total. The van der Waals surface area contributed by atoms with Gasteiger partial charge in [0.2, 0.25) is 10.0 Å². The van der Waals surface area contributed by atoms with Gasteiger partial charge in [-0.2, -0.15) is 0 Å². The minimum Gasteiger partial charge on any atom is -0.384 e. The lowest BCUT2D eigenvalue weighted by atomic mass is 9.80. The fourth-order valence-electron chi connectivity index (χ4n) is 3.84. The Hall–Kier alpha value is -0.660. The van der Waals surface area contributed by atoms with Gasteiger partial charge in [0, 0.05) is 19.1 Å². The number of aryl methyl sites for hydroxylation is 2. The number of ether oxygens (including phenoxy) is 1. The summed E-state index contributed by atoms with van der Waals surface area (Å²) in [6, 6.07) is 5.60. The van der Waals surface area contributed by atoms with Crippen molar-refractivity contribution in [2.45, 2.75) is 43.4 Å². The van der Waals surface area contributed by atoms with Crippen LogP contribution in [-0.2, 0) is 27.6 Å². The summed E-state index contributed by atoms with van der Waals surface area (Å²) < 4.78 is 33.7. The van der Waals surface area contributed by atoms with E-state index in [1.54, 1.807) is 13.2 Å². The highest BCUT2D eigenvalue weighted by atomic mass is 35.5. The number of hydrogen-bond donors (Lipinski definition) is 2. The van der Waals surface area contributed by atoms with E-state index in [0.717, 1.165) is 45.2 Å². The molecule has 1 aliphatic carbocycles. The molecule has 25 heavy (non-hydrogen) atoms. The number of fused-ring (bicyclic) bond motifs is 1. The summed E-state index contributed by atoms with van der Waals surface area (Å²) in [4.78, 5) is 0.393. The quantitative estimate of drug-likeness (QED) is 0.784. The van der Waals surface area contributed by atoms with Crippen LogP contribution in [-0.4, -0.2) is 41.8 Å². The standard InChI is InChI=1S/C18H28N2O3S.ClH/c1-23-14-18(8-10-19-11-9-18)13-20-24(21,22)17-7-6-15-4-2-3-5-16(15)12-17;/h6-7,12,19-20H,2-5,8-11,13-14H2,1H3;1H. The maximum absolute atomic E-state index is 12.7. The largest absolute Gasteiger partial charge is 0.384 e. The van der Waals surface area contributed by atoms with Gasteiger partial charge in [-0.3, -0.25) is 0 Å². The van der Waals surface area contributed by atoms with E-state index in [0.29, 0.717) is 18.0 Å². The molecule has 0 saturated carbocycles. The van der Waals surface area contributed by atoms with E-state index in [-0.39, 0.29) is 17.8 Å². The van der Waals surface area contributed by atoms with Crippen LogP contribution >= 0.6 is 12.4 Å². The average molecular weight is 389 g/mol. The van der Waals surface area contributed by atoms with Gasteiger partial charge in [0.25, 0.3) is 0 Å². The fourth-order valence-corrected chi connectivity index (χ4v) is 5.05. The molecule has 1 fully saturated rings. The number of halogens is 1. The summed E-state index contributed by atoms with van der Waals surface area (Å²) in [6.45, 7) is 2.83. The summed E-state index contributed by atoms with van der Waals surface area (Å²) >= 11 is 0. The third-order valence-electron chi connectivity index (χ3n) is 5.38. The second-order valence-corrected chi connectivity index (χ2v) is 8.91. The zero-order valence-electron chi connectivity index (χ0n) is 14.8. The third kappa shape index (κ3) is 4.95. The smallest absolute Gasteiger partial charge is 0.240 e. The molecule has 2 N–H and O–H groups in total. The minimum absolute atomic E-state index is 0. The summed E-state index contributed by atoms with van der Waals surface area (Å²) in [7, 11) is -1.79. The minimum atomic E-state index is -3.48. The summed E-state index contributed by atoms with van der Waals surface area (Å²) in [5.41, 5.74) is 2.38. The molecule has 2 aliphatic rings. The van der Waals surface area contributed by atoms with Gasteiger partial charge in [-0.1, -0.05) is 6.07 Å². The van der Waals surface area contributed by atoms with Crippen molar-refractivity contribution in [1.29, 1.82) is 0 Å². The Morgan fingerprint density at radius 2 is 1.84 bits per heavy atom. The lowest BCUT2D eigenvalue weighted by Gasteiger charge is -2.37. The highest BCUT2D eigenvalue weighted by Crippen LogP contribution is 2.29. The maximum Gasteiger partial charge on any atom is 0.240 e. The highest BCUT2D eigenvalue weighted by Gasteiger charge is 2.33. The van der Waals surface area contributed by atoms with E-state index < -0.39 is 10.0 Å². The number of nitrogens with one attached hydrogen (secondary N) is 2. The van der Waals surface area contributed by atoms with Gasteiger partial charge >= 0.3 is 0 Å². The van der Waals surface area contributed by atoms with Crippen LogP contribution in [0.5, 0.6) is 0 Å². The monoisotopic (exact) mass is 388 g/mol. The van der Waals surface area contributed by atoms with E-state index in [2.05, 4.69) is 10.0 Å². The van der Waals surface area contributed by atoms with Crippen LogP contribution in [0.3, 0.4) is 0 Å². The molecule has 0 bridgehead atoms. The van der Waals surface area contributed by atoms with Crippen molar-refractivity contribution in [2.75, 3.05) is 33.4 Å². The average Bonchev–Trinajstić information content (AvgIpc) is 2.61. The number of benzene rings is 1. The van der Waals surface area contributed by atoms with Gasteiger partial charge in [0.05, 0.1) is 11.5 Å². The fraction of sp³-hybridized carbons (Fsp3) is 0.667. The van der Waals surface area contributed by atoms with Gasteiger partial charge in [-0.15, -0.1) is 12.4 Å². The summed E-state index contributed by atoms with van der Waals surface area (Å²) in [5.74, 6) is 0. The van der Waals surface area contributed by atoms with E-state index in [4.69, 9.17) is 4.74 Å². The van der Waals surface area contributed by atoms with Crippen LogP contribution in [0.25, 0.3) is 0 Å². The SMILES string of the molecule is COCC1(CNS(=O)(=O)c2ccc3c(c2)CCCC3)CCNCC1.Cl. The summed E-state index contributed by atoms with van der Waals surface area (Å²) in [5, 5.41) is 3.33. The summed E-state index contributed by atoms with van der Waals surface area (Å²) in [6.07, 6.45) is 6.24. The molecule has 142 valence electrons. The third-order valence-corrected chi connectivity index (χ3v) is 6.78. The predicted octanol–water partition coefficient (Wildman–Crippen LogP) is 2.28. The molecule has 0 atom stereocenters. The van der Waals surface area contributed by atoms with Crippen LogP contribution in [0, 0.1) is 5.41 Å². The molecule has 0 aromatic heterocycles. The van der Waals surface area contributed by atoms with Crippen molar-refractivity contribution in [3.8, 4) is 0 Å². The van der Waals surface area contributed by atoms with E-state index in [1.807, 2.05) is 12.1 Å². The highest BCUT2D eigenvalue weighted by molar-refractivity contribution is 7.89. The molecule has 0 amide bonds. The molecule has 1 aliphatic heterocycles. The van der Waals surface area contributed by atoms with Crippen LogP contribution in [0.2, 0.25) is 0 Å². The number of methoxy groups -OCH3 is 1. The molecule has 1 aromatic carbocycles. The lowest BCUT2D eigenvalue weighted by Crippen LogP contribution is -2.47. The normalized spacial score (nSPS) is 19.7. The first-order valence-corrected chi connectivity index (χ1v) is 10.3.